The van der Waals surface area contributed by atoms with Crippen molar-refractivity contribution in [2.24, 2.45) is 5.92 Å². The molecule has 2 amide bonds. The zero-order valence-corrected chi connectivity index (χ0v) is 13.8. The minimum atomic E-state index is -0.106. The lowest BCUT2D eigenvalue weighted by molar-refractivity contribution is -0.132. The Morgan fingerprint density at radius 1 is 1.26 bits per heavy atom. The molecule has 3 fully saturated rings. The molecule has 0 aliphatic carbocycles. The number of aromatic nitrogens is 2. The largest absolute Gasteiger partial charge is 0.351 e. The quantitative estimate of drug-likeness (QED) is 0.820. The number of rotatable bonds is 3. The predicted molar refractivity (Wildman–Crippen MR) is 82.9 cm³/mol. The van der Waals surface area contributed by atoms with Gasteiger partial charge in [0.1, 0.15) is 6.54 Å². The molecular weight excluding hydrogens is 296 g/mol. The lowest BCUT2D eigenvalue weighted by Crippen LogP contribution is -2.44. The molecule has 0 saturated carbocycles. The molecule has 7 nitrogen and oxygen atoms in total. The fraction of sp³-hybridized carbons (Fsp3) is 0.625. The second-order valence-corrected chi connectivity index (χ2v) is 6.54. The Morgan fingerprint density at radius 3 is 2.61 bits per heavy atom. The van der Waals surface area contributed by atoms with Gasteiger partial charge in [0.25, 0.3) is 0 Å². The van der Waals surface area contributed by atoms with E-state index in [4.69, 9.17) is 0 Å². The molecular formula is C16H22N4O3. The van der Waals surface area contributed by atoms with E-state index in [1.54, 1.807) is 23.4 Å². The Labute approximate surface area is 135 Å². The van der Waals surface area contributed by atoms with Gasteiger partial charge in [-0.1, -0.05) is 0 Å². The average Bonchev–Trinajstić information content (AvgIpc) is 2.65. The van der Waals surface area contributed by atoms with Crippen LogP contribution in [0.4, 0.5) is 0 Å². The zero-order chi connectivity index (χ0) is 16.7. The molecule has 124 valence electrons. The maximum absolute atomic E-state index is 12.6. The van der Waals surface area contributed by atoms with Gasteiger partial charge in [-0.2, -0.15) is 5.10 Å². The minimum absolute atomic E-state index is 0.0405. The number of nitrogens with zero attached hydrogens (tertiary/aromatic N) is 3. The molecule has 3 aliphatic heterocycles. The van der Waals surface area contributed by atoms with Crippen molar-refractivity contribution in [2.75, 3.05) is 13.1 Å². The Hall–Kier alpha value is -2.18. The van der Waals surface area contributed by atoms with Crippen LogP contribution in [-0.2, 0) is 16.1 Å². The number of amides is 2. The van der Waals surface area contributed by atoms with Crippen molar-refractivity contribution in [3.63, 3.8) is 0 Å². The molecule has 4 heterocycles. The summed E-state index contributed by atoms with van der Waals surface area (Å²) in [5.74, 6) is -0.145. The first kappa shape index (κ1) is 15.7. The summed E-state index contributed by atoms with van der Waals surface area (Å²) in [4.78, 5) is 37.9. The third-order valence-electron chi connectivity index (χ3n) is 4.83. The van der Waals surface area contributed by atoms with Crippen LogP contribution in [0.2, 0.25) is 0 Å². The van der Waals surface area contributed by atoms with Crippen molar-refractivity contribution in [3.05, 3.63) is 17.0 Å². The number of hydrogen-bond acceptors (Lipinski definition) is 4. The summed E-state index contributed by atoms with van der Waals surface area (Å²) >= 11 is 0. The maximum Gasteiger partial charge on any atom is 0.244 e. The number of carbonyl (C=O) groups excluding carboxylic acids is 3. The minimum Gasteiger partial charge on any atom is -0.351 e. The van der Waals surface area contributed by atoms with Crippen LogP contribution in [0.5, 0.6) is 0 Å². The van der Waals surface area contributed by atoms with Crippen molar-refractivity contribution in [3.8, 4) is 0 Å². The van der Waals surface area contributed by atoms with E-state index in [9.17, 15) is 14.4 Å². The van der Waals surface area contributed by atoms with E-state index >= 15 is 0 Å². The van der Waals surface area contributed by atoms with Gasteiger partial charge >= 0.3 is 0 Å². The topological polar surface area (TPSA) is 84.3 Å². The highest BCUT2D eigenvalue weighted by molar-refractivity contribution is 5.96. The van der Waals surface area contributed by atoms with Crippen molar-refractivity contribution >= 4 is 17.6 Å². The van der Waals surface area contributed by atoms with E-state index in [1.165, 1.54) is 6.92 Å². The maximum atomic E-state index is 12.6. The Kier molecular flexibility index (Phi) is 3.95. The van der Waals surface area contributed by atoms with Gasteiger partial charge in [-0.3, -0.25) is 19.1 Å². The third-order valence-corrected chi connectivity index (χ3v) is 4.83. The molecule has 0 unspecified atom stereocenters. The van der Waals surface area contributed by atoms with Gasteiger partial charge in [0.15, 0.2) is 5.78 Å². The highest BCUT2D eigenvalue weighted by Gasteiger charge is 2.36. The fourth-order valence-corrected chi connectivity index (χ4v) is 3.63. The van der Waals surface area contributed by atoms with Gasteiger partial charge in [-0.25, -0.2) is 0 Å². The number of fused-ring (bicyclic) bond motifs is 4. The fourth-order valence-electron chi connectivity index (χ4n) is 3.63. The van der Waals surface area contributed by atoms with Crippen LogP contribution in [0.25, 0.3) is 0 Å². The molecule has 0 radical (unpaired) electrons. The molecule has 1 N–H and O–H groups in total. The highest BCUT2D eigenvalue weighted by atomic mass is 16.2. The monoisotopic (exact) mass is 318 g/mol. The molecule has 2 bridgehead atoms. The van der Waals surface area contributed by atoms with Crippen LogP contribution >= 0.6 is 0 Å². The second-order valence-electron chi connectivity index (χ2n) is 6.54. The first-order chi connectivity index (χ1) is 10.9. The molecule has 4 rings (SSSR count). The molecule has 0 spiro atoms. The van der Waals surface area contributed by atoms with E-state index < -0.39 is 0 Å². The molecule has 2 atom stereocenters. The third kappa shape index (κ3) is 2.87. The van der Waals surface area contributed by atoms with Crippen molar-refractivity contribution < 1.29 is 14.4 Å². The lowest BCUT2D eigenvalue weighted by Gasteiger charge is -2.23. The van der Waals surface area contributed by atoms with Gasteiger partial charge in [-0.05, 0) is 33.6 Å². The van der Waals surface area contributed by atoms with Gasteiger partial charge in [0.05, 0.1) is 17.2 Å². The van der Waals surface area contributed by atoms with Crippen molar-refractivity contribution in [1.29, 1.82) is 0 Å². The summed E-state index contributed by atoms with van der Waals surface area (Å²) in [6.07, 6.45) is 1.77. The molecule has 3 aliphatic rings. The number of carbonyl (C=O) groups is 3. The van der Waals surface area contributed by atoms with Crippen LogP contribution in [0.15, 0.2) is 0 Å². The summed E-state index contributed by atoms with van der Waals surface area (Å²) in [6.45, 7) is 6.22. The molecule has 1 aromatic heterocycles. The first-order valence-electron chi connectivity index (χ1n) is 8.00. The van der Waals surface area contributed by atoms with E-state index in [0.29, 0.717) is 24.3 Å². The molecule has 3 saturated heterocycles. The van der Waals surface area contributed by atoms with Gasteiger partial charge in [-0.15, -0.1) is 0 Å². The predicted octanol–water partition coefficient (Wildman–Crippen LogP) is 0.440. The Morgan fingerprint density at radius 2 is 2.00 bits per heavy atom. The summed E-state index contributed by atoms with van der Waals surface area (Å²) < 4.78 is 1.59. The van der Waals surface area contributed by atoms with Crippen LogP contribution in [-0.4, -0.2) is 51.4 Å². The highest BCUT2D eigenvalue weighted by Crippen LogP contribution is 2.23. The Bertz CT molecular complexity index is 679. The zero-order valence-electron chi connectivity index (χ0n) is 13.8. The van der Waals surface area contributed by atoms with E-state index in [0.717, 1.165) is 18.5 Å². The van der Waals surface area contributed by atoms with Gasteiger partial charge in [0.2, 0.25) is 11.8 Å². The van der Waals surface area contributed by atoms with Gasteiger partial charge in [0, 0.05) is 24.8 Å². The smallest absolute Gasteiger partial charge is 0.244 e. The molecule has 23 heavy (non-hydrogen) atoms. The van der Waals surface area contributed by atoms with Gasteiger partial charge < -0.3 is 10.2 Å². The summed E-state index contributed by atoms with van der Waals surface area (Å²) in [5, 5.41) is 7.29. The first-order valence-corrected chi connectivity index (χ1v) is 8.00. The number of hydrogen-bond donors (Lipinski definition) is 1. The normalized spacial score (nSPS) is 23.6. The van der Waals surface area contributed by atoms with Crippen LogP contribution in [0.1, 0.15) is 41.5 Å². The van der Waals surface area contributed by atoms with Crippen LogP contribution in [0, 0.1) is 19.8 Å². The molecule has 7 heteroatoms. The number of Topliss-reactive ketones (excluding diaryl/α,β-unsaturated/α-hetero) is 1. The lowest BCUT2D eigenvalue weighted by atomic mass is 9.96. The summed E-state index contributed by atoms with van der Waals surface area (Å²) in [6, 6.07) is 0.0541. The van der Waals surface area contributed by atoms with Crippen LogP contribution < -0.4 is 5.32 Å². The van der Waals surface area contributed by atoms with E-state index in [-0.39, 0.29) is 36.1 Å². The summed E-state index contributed by atoms with van der Waals surface area (Å²) in [5.41, 5.74) is 1.96. The number of ketones is 1. The van der Waals surface area contributed by atoms with E-state index in [1.807, 2.05) is 0 Å². The summed E-state index contributed by atoms with van der Waals surface area (Å²) in [7, 11) is 0. The molecule has 0 aromatic carbocycles. The Balaban J connectivity index is 1.76. The van der Waals surface area contributed by atoms with Crippen molar-refractivity contribution in [2.45, 2.75) is 46.2 Å². The van der Waals surface area contributed by atoms with E-state index in [2.05, 4.69) is 10.4 Å². The van der Waals surface area contributed by atoms with Crippen LogP contribution in [0.3, 0.4) is 0 Å². The van der Waals surface area contributed by atoms with Crippen molar-refractivity contribution in [1.82, 2.24) is 20.0 Å². The molecule has 1 aromatic rings. The number of aryl methyl sites for hydroxylation is 1. The number of nitrogens with one attached hydrogen (secondary N) is 1. The second kappa shape index (κ2) is 5.79. The standard InChI is InChI=1S/C16H22N4O3/c1-9-15(11(3)21)10(2)20(18-9)8-14(22)19-6-12-4-5-13(7-19)17-16(12)23/h12-13H,4-8H2,1-3H3,(H,17,23)/t12-,13+/m0/s1. The number of piperidine rings is 1. The average molecular weight is 318 g/mol. The SMILES string of the molecule is CC(=O)c1c(C)nn(CC(=O)N2C[C@H]3CC[C@@H](C2)C(=O)N3)c1C.